The molecular formula is C16H22O. The topological polar surface area (TPSA) is 20.2 Å². The molecule has 1 aliphatic carbocycles. The fraction of sp³-hybridized carbons (Fsp3) is 0.500. The number of aliphatic hydroxyl groups is 1. The summed E-state index contributed by atoms with van der Waals surface area (Å²) in [6.45, 7) is 6.10. The molecule has 0 bridgehead atoms. The minimum absolute atomic E-state index is 0.0546. The van der Waals surface area contributed by atoms with Crippen molar-refractivity contribution in [2.24, 2.45) is 5.92 Å². The van der Waals surface area contributed by atoms with Gasteiger partial charge in [-0.15, -0.1) is 6.58 Å². The number of hydrogen-bond acceptors (Lipinski definition) is 1. The Morgan fingerprint density at radius 2 is 2.06 bits per heavy atom. The van der Waals surface area contributed by atoms with Crippen LogP contribution in [0.1, 0.15) is 44.1 Å². The van der Waals surface area contributed by atoms with Gasteiger partial charge in [-0.3, -0.25) is 0 Å². The van der Waals surface area contributed by atoms with Crippen LogP contribution >= 0.6 is 0 Å². The highest BCUT2D eigenvalue weighted by atomic mass is 16.3. The predicted molar refractivity (Wildman–Crippen MR) is 72.0 cm³/mol. The van der Waals surface area contributed by atoms with Gasteiger partial charge < -0.3 is 5.11 Å². The van der Waals surface area contributed by atoms with Crippen molar-refractivity contribution in [3.63, 3.8) is 0 Å². The highest BCUT2D eigenvalue weighted by molar-refractivity contribution is 5.28. The first kappa shape index (κ1) is 12.4. The second-order valence-electron chi connectivity index (χ2n) is 5.26. The zero-order valence-corrected chi connectivity index (χ0v) is 10.6. The molecule has 1 N–H and O–H groups in total. The molecule has 3 atom stereocenters. The van der Waals surface area contributed by atoms with Gasteiger partial charge in [-0.1, -0.05) is 56.2 Å². The molecule has 0 saturated heterocycles. The quantitative estimate of drug-likeness (QED) is 0.781. The van der Waals surface area contributed by atoms with Crippen LogP contribution < -0.4 is 0 Å². The number of hydrogen-bond donors (Lipinski definition) is 1. The van der Waals surface area contributed by atoms with Crippen LogP contribution in [0.15, 0.2) is 43.0 Å². The van der Waals surface area contributed by atoms with Gasteiger partial charge in [0.2, 0.25) is 0 Å². The van der Waals surface area contributed by atoms with Crippen LogP contribution in [0.25, 0.3) is 0 Å². The Bertz CT molecular complexity index is 370. The van der Waals surface area contributed by atoms with Crippen molar-refractivity contribution in [2.45, 2.75) is 44.1 Å². The van der Waals surface area contributed by atoms with Crippen molar-refractivity contribution in [3.8, 4) is 0 Å². The predicted octanol–water partition coefficient (Wildman–Crippen LogP) is 3.90. The largest absolute Gasteiger partial charge is 0.389 e. The Hall–Kier alpha value is -1.08. The molecule has 0 amide bonds. The number of rotatable bonds is 3. The fourth-order valence-electron chi connectivity index (χ4n) is 3.11. The highest BCUT2D eigenvalue weighted by Gasteiger charge is 2.42. The van der Waals surface area contributed by atoms with E-state index in [1.165, 1.54) is 12.0 Å². The van der Waals surface area contributed by atoms with E-state index in [1.54, 1.807) is 0 Å². The maximum atomic E-state index is 11.0. The van der Waals surface area contributed by atoms with Crippen LogP contribution in [-0.2, 0) is 0 Å². The lowest BCUT2D eigenvalue weighted by molar-refractivity contribution is -0.0528. The Balaban J connectivity index is 2.31. The van der Waals surface area contributed by atoms with Gasteiger partial charge in [0.05, 0.1) is 5.60 Å². The van der Waals surface area contributed by atoms with Gasteiger partial charge in [-0.05, 0) is 24.3 Å². The van der Waals surface area contributed by atoms with Crippen LogP contribution in [-0.4, -0.2) is 10.7 Å². The molecule has 1 aliphatic rings. The summed E-state index contributed by atoms with van der Waals surface area (Å²) >= 11 is 0. The van der Waals surface area contributed by atoms with Crippen LogP contribution in [0.4, 0.5) is 0 Å². The first-order chi connectivity index (χ1) is 8.18. The first-order valence-corrected chi connectivity index (χ1v) is 6.58. The van der Waals surface area contributed by atoms with Crippen molar-refractivity contribution in [3.05, 3.63) is 48.6 Å². The van der Waals surface area contributed by atoms with Crippen LogP contribution in [0.3, 0.4) is 0 Å². The lowest BCUT2D eigenvalue weighted by Crippen LogP contribution is -2.44. The third-order valence-electron chi connectivity index (χ3n) is 4.25. The van der Waals surface area contributed by atoms with Gasteiger partial charge in [0.1, 0.15) is 0 Å². The zero-order valence-electron chi connectivity index (χ0n) is 10.6. The maximum Gasteiger partial charge on any atom is 0.0775 e. The minimum atomic E-state index is -0.610. The van der Waals surface area contributed by atoms with Gasteiger partial charge in [0.15, 0.2) is 0 Å². The van der Waals surface area contributed by atoms with Crippen molar-refractivity contribution in [1.82, 2.24) is 0 Å². The molecule has 1 saturated carbocycles. The summed E-state index contributed by atoms with van der Waals surface area (Å²) in [5, 5.41) is 11.0. The molecule has 1 fully saturated rings. The van der Waals surface area contributed by atoms with E-state index in [1.807, 2.05) is 24.3 Å². The van der Waals surface area contributed by atoms with E-state index in [2.05, 4.69) is 25.6 Å². The Kier molecular flexibility index (Phi) is 3.68. The van der Waals surface area contributed by atoms with Gasteiger partial charge in [-0.25, -0.2) is 0 Å². The SMILES string of the molecule is C=C[C@@H](c1ccccc1)[C@@]1(O)CCCC[C@@H]1C. The standard InChI is InChI=1S/C16H22O/c1-3-15(14-10-5-4-6-11-14)16(17)12-8-7-9-13(16)2/h3-6,10-11,13,15,17H,1,7-9,12H2,2H3/t13-,15-,16+/m0/s1. The van der Waals surface area contributed by atoms with Gasteiger partial charge >= 0.3 is 0 Å². The molecule has 1 heteroatoms. The van der Waals surface area contributed by atoms with Crippen molar-refractivity contribution in [2.75, 3.05) is 0 Å². The highest BCUT2D eigenvalue weighted by Crippen LogP contribution is 2.43. The molecule has 17 heavy (non-hydrogen) atoms. The summed E-state index contributed by atoms with van der Waals surface area (Å²) in [6, 6.07) is 10.3. The van der Waals surface area contributed by atoms with Gasteiger partial charge in [-0.2, -0.15) is 0 Å². The van der Waals surface area contributed by atoms with Crippen molar-refractivity contribution >= 4 is 0 Å². The van der Waals surface area contributed by atoms with E-state index in [0.717, 1.165) is 19.3 Å². The van der Waals surface area contributed by atoms with E-state index in [9.17, 15) is 5.11 Å². The summed E-state index contributed by atoms with van der Waals surface area (Å²) in [5.41, 5.74) is 0.570. The summed E-state index contributed by atoms with van der Waals surface area (Å²) in [5.74, 6) is 0.401. The van der Waals surface area contributed by atoms with E-state index in [4.69, 9.17) is 0 Å². The lowest BCUT2D eigenvalue weighted by atomic mass is 9.67. The molecule has 0 radical (unpaired) electrons. The zero-order chi connectivity index (χ0) is 12.3. The Morgan fingerprint density at radius 3 is 2.65 bits per heavy atom. The molecule has 92 valence electrons. The number of benzene rings is 1. The summed E-state index contributed by atoms with van der Waals surface area (Å²) in [4.78, 5) is 0. The maximum absolute atomic E-state index is 11.0. The van der Waals surface area contributed by atoms with Crippen LogP contribution in [0, 0.1) is 5.92 Å². The molecule has 0 aliphatic heterocycles. The van der Waals surface area contributed by atoms with Gasteiger partial charge in [0, 0.05) is 5.92 Å². The van der Waals surface area contributed by atoms with Gasteiger partial charge in [0.25, 0.3) is 0 Å². The molecule has 0 heterocycles. The second-order valence-corrected chi connectivity index (χ2v) is 5.26. The van der Waals surface area contributed by atoms with Crippen molar-refractivity contribution < 1.29 is 5.11 Å². The average molecular weight is 230 g/mol. The molecule has 1 aromatic carbocycles. The van der Waals surface area contributed by atoms with E-state index < -0.39 is 5.60 Å². The third-order valence-corrected chi connectivity index (χ3v) is 4.25. The molecule has 0 aromatic heterocycles. The van der Waals surface area contributed by atoms with Crippen molar-refractivity contribution in [1.29, 1.82) is 0 Å². The fourth-order valence-corrected chi connectivity index (χ4v) is 3.11. The van der Waals surface area contributed by atoms with E-state index in [-0.39, 0.29) is 5.92 Å². The Morgan fingerprint density at radius 1 is 1.35 bits per heavy atom. The second kappa shape index (κ2) is 5.05. The molecule has 1 nitrogen and oxygen atoms in total. The van der Waals surface area contributed by atoms with Crippen LogP contribution in [0.5, 0.6) is 0 Å². The Labute approximate surface area is 104 Å². The van der Waals surface area contributed by atoms with E-state index >= 15 is 0 Å². The van der Waals surface area contributed by atoms with Crippen LogP contribution in [0.2, 0.25) is 0 Å². The minimum Gasteiger partial charge on any atom is -0.389 e. The first-order valence-electron chi connectivity index (χ1n) is 6.58. The average Bonchev–Trinajstić information content (AvgIpc) is 2.35. The summed E-state index contributed by atoms with van der Waals surface area (Å²) in [7, 11) is 0. The monoisotopic (exact) mass is 230 g/mol. The lowest BCUT2D eigenvalue weighted by Gasteiger charge is -2.43. The normalized spacial score (nSPS) is 30.8. The molecular weight excluding hydrogens is 208 g/mol. The van der Waals surface area contributed by atoms with E-state index in [0.29, 0.717) is 5.92 Å². The molecule has 0 spiro atoms. The molecule has 1 aromatic rings. The third kappa shape index (κ3) is 2.30. The molecule has 0 unspecified atom stereocenters. The summed E-state index contributed by atoms with van der Waals surface area (Å²) in [6.07, 6.45) is 6.28. The summed E-state index contributed by atoms with van der Waals surface area (Å²) < 4.78 is 0. The molecule has 2 rings (SSSR count). The smallest absolute Gasteiger partial charge is 0.0775 e.